The molecule has 0 saturated heterocycles. The molecule has 26 heavy (non-hydrogen) atoms. The normalized spacial score (nSPS) is 12.7. The Morgan fingerprint density at radius 3 is 2.81 bits per heavy atom. The van der Waals surface area contributed by atoms with Gasteiger partial charge in [0.2, 0.25) is 0 Å². The van der Waals surface area contributed by atoms with Gasteiger partial charge in [-0.1, -0.05) is 19.1 Å². The van der Waals surface area contributed by atoms with Gasteiger partial charge >= 0.3 is 0 Å². The van der Waals surface area contributed by atoms with E-state index in [1.807, 2.05) is 30.2 Å². The van der Waals surface area contributed by atoms with E-state index in [4.69, 9.17) is 0 Å². The number of aliphatic imine (C=N–C) groups is 1. The Labute approximate surface area is 157 Å². The summed E-state index contributed by atoms with van der Waals surface area (Å²) in [6.45, 7) is 11.0. The first-order chi connectivity index (χ1) is 12.6. The zero-order valence-corrected chi connectivity index (χ0v) is 16.4. The summed E-state index contributed by atoms with van der Waals surface area (Å²) in [6.07, 6.45) is 3.81. The highest BCUT2D eigenvalue weighted by molar-refractivity contribution is 5.79. The summed E-state index contributed by atoms with van der Waals surface area (Å²) in [5, 5.41) is 11.1. The maximum absolute atomic E-state index is 4.32. The highest BCUT2D eigenvalue weighted by atomic mass is 15.3. The molecule has 0 spiro atoms. The van der Waals surface area contributed by atoms with Crippen molar-refractivity contribution in [1.82, 2.24) is 20.4 Å². The lowest BCUT2D eigenvalue weighted by Crippen LogP contribution is -2.43. The molecule has 1 unspecified atom stereocenters. The van der Waals surface area contributed by atoms with Crippen LogP contribution in [0.25, 0.3) is 0 Å². The Balaban J connectivity index is 1.73. The Morgan fingerprint density at radius 1 is 1.31 bits per heavy atom. The van der Waals surface area contributed by atoms with E-state index in [9.17, 15) is 0 Å². The van der Waals surface area contributed by atoms with Crippen molar-refractivity contribution < 1.29 is 0 Å². The van der Waals surface area contributed by atoms with Crippen LogP contribution in [0.2, 0.25) is 0 Å². The zero-order chi connectivity index (χ0) is 18.8. The van der Waals surface area contributed by atoms with E-state index in [0.717, 1.165) is 38.7 Å². The molecule has 6 nitrogen and oxygen atoms in total. The van der Waals surface area contributed by atoms with Gasteiger partial charge in [0.05, 0.1) is 0 Å². The van der Waals surface area contributed by atoms with E-state index in [1.54, 1.807) is 0 Å². The molecule has 2 rings (SSSR count). The average molecular weight is 357 g/mol. The minimum absolute atomic E-state index is 0.466. The molecule has 1 aromatic heterocycles. The molecular weight excluding hydrogens is 324 g/mol. The monoisotopic (exact) mass is 356 g/mol. The number of nitrogens with zero attached hydrogens (tertiary/aromatic N) is 4. The molecule has 1 heterocycles. The number of aromatic nitrogens is 2. The van der Waals surface area contributed by atoms with Crippen LogP contribution in [0, 0.1) is 12.8 Å². The zero-order valence-electron chi connectivity index (χ0n) is 16.4. The number of anilines is 1. The third-order valence-corrected chi connectivity index (χ3v) is 4.32. The van der Waals surface area contributed by atoms with Crippen molar-refractivity contribution in [2.24, 2.45) is 10.9 Å². The molecule has 0 bridgehead atoms. The number of hydrogen-bond donors (Lipinski definition) is 2. The Morgan fingerprint density at radius 2 is 2.15 bits per heavy atom. The van der Waals surface area contributed by atoms with Crippen molar-refractivity contribution in [3.63, 3.8) is 0 Å². The summed E-state index contributed by atoms with van der Waals surface area (Å²) in [4.78, 5) is 6.69. The van der Waals surface area contributed by atoms with Gasteiger partial charge in [-0.25, -0.2) is 0 Å². The summed E-state index contributed by atoms with van der Waals surface area (Å²) in [7, 11) is 1.81. The first-order valence-electron chi connectivity index (χ1n) is 9.36. The minimum atomic E-state index is 0.466. The highest BCUT2D eigenvalue weighted by Crippen LogP contribution is 2.14. The van der Waals surface area contributed by atoms with E-state index in [0.29, 0.717) is 5.92 Å². The van der Waals surface area contributed by atoms with Crippen LogP contribution in [0.15, 0.2) is 47.7 Å². The lowest BCUT2D eigenvalue weighted by molar-refractivity contribution is 0.443. The van der Waals surface area contributed by atoms with Crippen molar-refractivity contribution in [3.8, 4) is 0 Å². The van der Waals surface area contributed by atoms with E-state index >= 15 is 0 Å². The number of benzene rings is 1. The third-order valence-electron chi connectivity index (χ3n) is 4.32. The fraction of sp³-hybridized carbons (Fsp3) is 0.500. The molecular formula is C20H32N6. The van der Waals surface area contributed by atoms with Crippen LogP contribution in [0.1, 0.15) is 19.4 Å². The molecule has 1 aromatic carbocycles. The van der Waals surface area contributed by atoms with Gasteiger partial charge in [-0.05, 0) is 43.5 Å². The van der Waals surface area contributed by atoms with Gasteiger partial charge in [-0.2, -0.15) is 5.10 Å². The predicted molar refractivity (Wildman–Crippen MR) is 110 cm³/mol. The Kier molecular flexibility index (Phi) is 7.99. The van der Waals surface area contributed by atoms with Gasteiger partial charge < -0.3 is 15.5 Å². The maximum atomic E-state index is 4.32. The van der Waals surface area contributed by atoms with Gasteiger partial charge in [-0.15, -0.1) is 0 Å². The molecule has 1 atom stereocenters. The maximum Gasteiger partial charge on any atom is 0.191 e. The lowest BCUT2D eigenvalue weighted by Gasteiger charge is -2.24. The van der Waals surface area contributed by atoms with Crippen molar-refractivity contribution >= 4 is 11.6 Å². The average Bonchev–Trinajstić information content (AvgIpc) is 3.14. The van der Waals surface area contributed by atoms with Gasteiger partial charge in [0.15, 0.2) is 5.96 Å². The van der Waals surface area contributed by atoms with Gasteiger partial charge in [0, 0.05) is 57.9 Å². The van der Waals surface area contributed by atoms with E-state index < -0.39 is 0 Å². The number of hydrogen-bond acceptors (Lipinski definition) is 3. The molecule has 0 amide bonds. The Hall–Kier alpha value is -2.50. The molecule has 0 aliphatic rings. The SMILES string of the molecule is CCN(CCNC(=NC)NCC(C)Cn1cccn1)c1cccc(C)c1. The molecule has 2 aromatic rings. The summed E-state index contributed by atoms with van der Waals surface area (Å²) in [5.74, 6) is 1.31. The summed E-state index contributed by atoms with van der Waals surface area (Å²) in [5.41, 5.74) is 2.56. The van der Waals surface area contributed by atoms with Crippen LogP contribution in [-0.4, -0.2) is 49.0 Å². The van der Waals surface area contributed by atoms with Crippen LogP contribution in [-0.2, 0) is 6.54 Å². The van der Waals surface area contributed by atoms with E-state index in [2.05, 4.69) is 70.7 Å². The minimum Gasteiger partial charge on any atom is -0.370 e. The van der Waals surface area contributed by atoms with Crippen LogP contribution in [0.5, 0.6) is 0 Å². The topological polar surface area (TPSA) is 57.5 Å². The molecule has 0 saturated carbocycles. The molecule has 0 radical (unpaired) electrons. The van der Waals surface area contributed by atoms with Gasteiger partial charge in [-0.3, -0.25) is 9.67 Å². The molecule has 2 N–H and O–H groups in total. The molecule has 0 aliphatic carbocycles. The van der Waals surface area contributed by atoms with E-state index in [-0.39, 0.29) is 0 Å². The second-order valence-corrected chi connectivity index (χ2v) is 6.63. The summed E-state index contributed by atoms with van der Waals surface area (Å²) < 4.78 is 1.96. The number of aryl methyl sites for hydroxylation is 1. The summed E-state index contributed by atoms with van der Waals surface area (Å²) >= 11 is 0. The standard InChI is InChI=1S/C20H32N6/c1-5-25(19-9-6-8-17(2)14-19)13-11-22-20(21-4)23-15-18(3)16-26-12-7-10-24-26/h6-10,12,14,18H,5,11,13,15-16H2,1-4H3,(H2,21,22,23). The second-order valence-electron chi connectivity index (χ2n) is 6.63. The smallest absolute Gasteiger partial charge is 0.191 e. The van der Waals surface area contributed by atoms with Gasteiger partial charge in [0.1, 0.15) is 0 Å². The predicted octanol–water partition coefficient (Wildman–Crippen LogP) is 2.52. The van der Waals surface area contributed by atoms with Crippen molar-refractivity contribution in [1.29, 1.82) is 0 Å². The highest BCUT2D eigenvalue weighted by Gasteiger charge is 2.07. The third kappa shape index (κ3) is 6.43. The van der Waals surface area contributed by atoms with Crippen LogP contribution < -0.4 is 15.5 Å². The van der Waals surface area contributed by atoms with Gasteiger partial charge in [0.25, 0.3) is 0 Å². The fourth-order valence-electron chi connectivity index (χ4n) is 2.89. The van der Waals surface area contributed by atoms with Crippen molar-refractivity contribution in [2.45, 2.75) is 27.3 Å². The number of guanidine groups is 1. The second kappa shape index (κ2) is 10.5. The Bertz CT molecular complexity index is 665. The largest absolute Gasteiger partial charge is 0.370 e. The molecule has 142 valence electrons. The lowest BCUT2D eigenvalue weighted by atomic mass is 10.2. The van der Waals surface area contributed by atoms with Crippen LogP contribution in [0.4, 0.5) is 5.69 Å². The van der Waals surface area contributed by atoms with Crippen molar-refractivity contribution in [2.75, 3.05) is 38.1 Å². The van der Waals surface area contributed by atoms with E-state index in [1.165, 1.54) is 11.3 Å². The van der Waals surface area contributed by atoms with Crippen molar-refractivity contribution in [3.05, 3.63) is 48.3 Å². The first kappa shape index (κ1) is 19.8. The number of nitrogens with one attached hydrogen (secondary N) is 2. The fourth-order valence-corrected chi connectivity index (χ4v) is 2.89. The first-order valence-corrected chi connectivity index (χ1v) is 9.36. The molecule has 0 aliphatic heterocycles. The summed E-state index contributed by atoms with van der Waals surface area (Å²) in [6, 6.07) is 10.6. The number of likely N-dealkylation sites (N-methyl/N-ethyl adjacent to an activating group) is 1. The van der Waals surface area contributed by atoms with Crippen LogP contribution >= 0.6 is 0 Å². The quantitative estimate of drug-likeness (QED) is 0.535. The van der Waals surface area contributed by atoms with Crippen LogP contribution in [0.3, 0.4) is 0 Å². The molecule has 6 heteroatoms. The molecule has 0 fully saturated rings. The number of rotatable bonds is 9.